The number of carbonyl (C=O) groups excluding carboxylic acids is 2. The molecule has 0 saturated carbocycles. The molecule has 0 bridgehead atoms. The van der Waals surface area contributed by atoms with Gasteiger partial charge in [0, 0.05) is 26.2 Å². The maximum Gasteiger partial charge on any atom is 0.267 e. The zero-order valence-electron chi connectivity index (χ0n) is 13.1. The lowest BCUT2D eigenvalue weighted by atomic mass is 9.96. The van der Waals surface area contributed by atoms with E-state index in [0.717, 1.165) is 19.4 Å². The number of morpholine rings is 1. The average Bonchev–Trinajstić information content (AvgIpc) is 2.62. The van der Waals surface area contributed by atoms with Crippen LogP contribution in [0.3, 0.4) is 0 Å². The summed E-state index contributed by atoms with van der Waals surface area (Å²) in [5.41, 5.74) is 5.55. The van der Waals surface area contributed by atoms with Gasteiger partial charge in [0.15, 0.2) is 0 Å². The average molecular weight is 318 g/mol. The normalized spacial score (nSPS) is 22.0. The predicted molar refractivity (Wildman–Crippen MR) is 85.1 cm³/mol. The maximum absolute atomic E-state index is 12.7. The molecule has 3 rings (SSSR count). The summed E-state index contributed by atoms with van der Waals surface area (Å²) in [7, 11) is 0. The number of carbonyl (C=O) groups is 2. The topological polar surface area (TPSA) is 88.8 Å². The van der Waals surface area contributed by atoms with Gasteiger partial charge in [0.2, 0.25) is 5.91 Å². The van der Waals surface area contributed by atoms with Gasteiger partial charge in [-0.15, -0.1) is 0 Å². The molecule has 1 aromatic heterocycles. The summed E-state index contributed by atoms with van der Waals surface area (Å²) in [5.74, 6) is 0.343. The molecule has 0 radical (unpaired) electrons. The summed E-state index contributed by atoms with van der Waals surface area (Å²) < 4.78 is 5.31. The van der Waals surface area contributed by atoms with E-state index in [1.807, 2.05) is 11.0 Å². The molecule has 0 spiro atoms. The van der Waals surface area contributed by atoms with Gasteiger partial charge in [0.05, 0.1) is 19.1 Å². The van der Waals surface area contributed by atoms with Gasteiger partial charge < -0.3 is 20.3 Å². The van der Waals surface area contributed by atoms with Gasteiger partial charge in [0.1, 0.15) is 11.5 Å². The fourth-order valence-corrected chi connectivity index (χ4v) is 3.17. The third-order valence-electron chi connectivity index (χ3n) is 4.40. The molecule has 1 atom stereocenters. The molecule has 124 valence electrons. The third kappa shape index (κ3) is 3.61. The van der Waals surface area contributed by atoms with Crippen LogP contribution in [0.2, 0.25) is 0 Å². The van der Waals surface area contributed by atoms with Crippen molar-refractivity contribution in [3.63, 3.8) is 0 Å². The van der Waals surface area contributed by atoms with Crippen molar-refractivity contribution in [1.82, 2.24) is 9.88 Å². The van der Waals surface area contributed by atoms with Crippen LogP contribution in [0.25, 0.3) is 0 Å². The lowest BCUT2D eigenvalue weighted by Crippen LogP contribution is -2.48. The van der Waals surface area contributed by atoms with Crippen LogP contribution >= 0.6 is 0 Å². The van der Waals surface area contributed by atoms with E-state index in [-0.39, 0.29) is 17.5 Å². The van der Waals surface area contributed by atoms with Crippen molar-refractivity contribution < 1.29 is 14.3 Å². The Labute approximate surface area is 135 Å². The van der Waals surface area contributed by atoms with Gasteiger partial charge in [-0.25, -0.2) is 4.98 Å². The molecular weight excluding hydrogens is 296 g/mol. The summed E-state index contributed by atoms with van der Waals surface area (Å²) in [6, 6.07) is 5.23. The molecule has 0 aliphatic carbocycles. The number of rotatable bonds is 3. The molecule has 1 aromatic rings. The van der Waals surface area contributed by atoms with Crippen LogP contribution in [0, 0.1) is 5.92 Å². The molecular formula is C16H22N4O3. The molecule has 3 heterocycles. The van der Waals surface area contributed by atoms with Crippen molar-refractivity contribution >= 4 is 17.6 Å². The van der Waals surface area contributed by atoms with E-state index in [2.05, 4.69) is 9.88 Å². The Balaban J connectivity index is 1.69. The number of nitrogens with zero attached hydrogens (tertiary/aromatic N) is 3. The highest BCUT2D eigenvalue weighted by Gasteiger charge is 2.30. The SMILES string of the molecule is NC(=O)c1cccc(N2CCCC(C(=O)N3CCOCC3)C2)n1. The van der Waals surface area contributed by atoms with Gasteiger partial charge in [-0.3, -0.25) is 9.59 Å². The van der Waals surface area contributed by atoms with Crippen molar-refractivity contribution in [3.8, 4) is 0 Å². The molecule has 2 saturated heterocycles. The first-order valence-electron chi connectivity index (χ1n) is 8.03. The Kier molecular flexibility index (Phi) is 4.76. The molecule has 2 N–H and O–H groups in total. The molecule has 1 unspecified atom stereocenters. The lowest BCUT2D eigenvalue weighted by molar-refractivity contribution is -0.139. The first kappa shape index (κ1) is 15.7. The van der Waals surface area contributed by atoms with E-state index in [1.165, 1.54) is 0 Å². The first-order chi connectivity index (χ1) is 11.1. The minimum Gasteiger partial charge on any atom is -0.378 e. The van der Waals surface area contributed by atoms with Crippen LogP contribution in [0.15, 0.2) is 18.2 Å². The van der Waals surface area contributed by atoms with Crippen molar-refractivity contribution in [3.05, 3.63) is 23.9 Å². The molecule has 23 heavy (non-hydrogen) atoms. The summed E-state index contributed by atoms with van der Waals surface area (Å²) in [5, 5.41) is 0. The van der Waals surface area contributed by atoms with Gasteiger partial charge in [-0.2, -0.15) is 0 Å². The smallest absolute Gasteiger partial charge is 0.267 e. The van der Waals surface area contributed by atoms with Crippen LogP contribution < -0.4 is 10.6 Å². The highest BCUT2D eigenvalue weighted by molar-refractivity contribution is 5.91. The van der Waals surface area contributed by atoms with Gasteiger partial charge >= 0.3 is 0 Å². The van der Waals surface area contributed by atoms with Crippen LogP contribution in [-0.2, 0) is 9.53 Å². The minimum absolute atomic E-state index is 0.0270. The van der Waals surface area contributed by atoms with E-state index in [0.29, 0.717) is 38.7 Å². The van der Waals surface area contributed by atoms with Crippen molar-refractivity contribution in [2.75, 3.05) is 44.3 Å². The number of nitrogens with two attached hydrogens (primary N) is 1. The second-order valence-corrected chi connectivity index (χ2v) is 5.97. The van der Waals surface area contributed by atoms with Gasteiger partial charge in [-0.1, -0.05) is 6.07 Å². The Morgan fingerprint density at radius 3 is 2.74 bits per heavy atom. The molecule has 2 aliphatic rings. The third-order valence-corrected chi connectivity index (χ3v) is 4.40. The molecule has 2 fully saturated rings. The standard InChI is InChI=1S/C16H22N4O3/c17-15(21)13-4-1-5-14(18-13)20-6-2-3-12(11-20)16(22)19-7-9-23-10-8-19/h1,4-5,12H,2-3,6-11H2,(H2,17,21). The fraction of sp³-hybridized carbons (Fsp3) is 0.562. The van der Waals surface area contributed by atoms with E-state index in [1.54, 1.807) is 12.1 Å². The van der Waals surface area contributed by atoms with Gasteiger partial charge in [-0.05, 0) is 25.0 Å². The zero-order chi connectivity index (χ0) is 16.2. The van der Waals surface area contributed by atoms with E-state index in [9.17, 15) is 9.59 Å². The Morgan fingerprint density at radius 2 is 2.00 bits per heavy atom. The number of piperidine rings is 1. The minimum atomic E-state index is -0.537. The number of amides is 2. The first-order valence-corrected chi connectivity index (χ1v) is 8.03. The van der Waals surface area contributed by atoms with Crippen LogP contribution in [0.4, 0.5) is 5.82 Å². The van der Waals surface area contributed by atoms with Gasteiger partial charge in [0.25, 0.3) is 5.91 Å². The maximum atomic E-state index is 12.7. The number of hydrogen-bond acceptors (Lipinski definition) is 5. The summed E-state index contributed by atoms with van der Waals surface area (Å²) >= 11 is 0. The summed E-state index contributed by atoms with van der Waals surface area (Å²) in [6.07, 6.45) is 1.82. The van der Waals surface area contributed by atoms with Crippen LogP contribution in [0.1, 0.15) is 23.3 Å². The van der Waals surface area contributed by atoms with Crippen LogP contribution in [0.5, 0.6) is 0 Å². The summed E-state index contributed by atoms with van der Waals surface area (Å²) in [6.45, 7) is 4.04. The fourth-order valence-electron chi connectivity index (χ4n) is 3.17. The Hall–Kier alpha value is -2.15. The van der Waals surface area contributed by atoms with Crippen molar-refractivity contribution in [2.24, 2.45) is 11.7 Å². The largest absolute Gasteiger partial charge is 0.378 e. The summed E-state index contributed by atoms with van der Waals surface area (Å²) in [4.78, 5) is 32.2. The number of anilines is 1. The zero-order valence-corrected chi connectivity index (χ0v) is 13.1. The molecule has 2 aliphatic heterocycles. The van der Waals surface area contributed by atoms with E-state index in [4.69, 9.17) is 10.5 Å². The van der Waals surface area contributed by atoms with E-state index < -0.39 is 5.91 Å². The molecule has 7 heteroatoms. The number of aromatic nitrogens is 1. The Morgan fingerprint density at radius 1 is 1.22 bits per heavy atom. The van der Waals surface area contributed by atoms with Crippen LogP contribution in [-0.4, -0.2) is 61.1 Å². The second kappa shape index (κ2) is 6.95. The second-order valence-electron chi connectivity index (χ2n) is 5.97. The molecule has 0 aromatic carbocycles. The monoisotopic (exact) mass is 318 g/mol. The predicted octanol–water partition coefficient (Wildman–Crippen LogP) is 0.256. The molecule has 2 amide bonds. The number of primary amides is 1. The molecule has 7 nitrogen and oxygen atoms in total. The quantitative estimate of drug-likeness (QED) is 0.863. The number of ether oxygens (including phenoxy) is 1. The number of hydrogen-bond donors (Lipinski definition) is 1. The van der Waals surface area contributed by atoms with Crippen molar-refractivity contribution in [1.29, 1.82) is 0 Å². The highest BCUT2D eigenvalue weighted by atomic mass is 16.5. The van der Waals surface area contributed by atoms with Crippen molar-refractivity contribution in [2.45, 2.75) is 12.8 Å². The van der Waals surface area contributed by atoms with E-state index >= 15 is 0 Å². The highest BCUT2D eigenvalue weighted by Crippen LogP contribution is 2.23. The Bertz CT molecular complexity index is 586. The lowest BCUT2D eigenvalue weighted by Gasteiger charge is -2.36. The number of pyridine rings is 1.